The molecule has 0 radical (unpaired) electrons. The van der Waals surface area contributed by atoms with Crippen molar-refractivity contribution in [1.82, 2.24) is 4.98 Å². The van der Waals surface area contributed by atoms with Crippen LogP contribution in [0.3, 0.4) is 0 Å². The van der Waals surface area contributed by atoms with E-state index >= 15 is 0 Å². The van der Waals surface area contributed by atoms with Crippen molar-refractivity contribution in [3.8, 4) is 17.2 Å². The number of esters is 1. The van der Waals surface area contributed by atoms with Crippen molar-refractivity contribution >= 4 is 39.9 Å². The van der Waals surface area contributed by atoms with Crippen molar-refractivity contribution in [3.63, 3.8) is 0 Å². The summed E-state index contributed by atoms with van der Waals surface area (Å²) in [4.78, 5) is 45.9. The Hall–Kier alpha value is -5.16. The van der Waals surface area contributed by atoms with Crippen LogP contribution in [0.1, 0.15) is 51.9 Å². The Morgan fingerprint density at radius 1 is 0.956 bits per heavy atom. The number of Topliss-reactive ketones (excluding diaryl/α,β-unsaturated/α-hetero) is 1. The number of aryl methyl sites for hydroxylation is 1. The molecule has 4 aromatic rings. The molecule has 11 heteroatoms. The van der Waals surface area contributed by atoms with Crippen LogP contribution in [0.5, 0.6) is 17.2 Å². The Kier molecular flexibility index (Phi) is 9.48. The van der Waals surface area contributed by atoms with Crippen molar-refractivity contribution in [2.45, 2.75) is 33.4 Å². The fraction of sp³-hybridized carbons (Fsp3) is 0.235. The van der Waals surface area contributed by atoms with E-state index in [4.69, 9.17) is 18.9 Å². The molecule has 2 heterocycles. The highest BCUT2D eigenvalue weighted by atomic mass is 32.1. The van der Waals surface area contributed by atoms with Crippen LogP contribution in [0.15, 0.2) is 78.4 Å². The molecule has 45 heavy (non-hydrogen) atoms. The second kappa shape index (κ2) is 13.6. The van der Waals surface area contributed by atoms with Gasteiger partial charge in [0.2, 0.25) is 0 Å². The van der Waals surface area contributed by atoms with Gasteiger partial charge in [0.15, 0.2) is 16.6 Å². The number of thiazole rings is 1. The number of amides is 1. The highest BCUT2D eigenvalue weighted by Crippen LogP contribution is 2.45. The van der Waals surface area contributed by atoms with Gasteiger partial charge in [0.05, 0.1) is 37.6 Å². The summed E-state index contributed by atoms with van der Waals surface area (Å²) in [5.41, 5.74) is 1.95. The third-order valence-corrected chi connectivity index (χ3v) is 8.22. The lowest BCUT2D eigenvalue weighted by atomic mass is 9.95. The zero-order chi connectivity index (χ0) is 32.1. The number of aliphatic hydroxyl groups is 1. The number of rotatable bonds is 11. The van der Waals surface area contributed by atoms with Crippen LogP contribution in [0.4, 0.5) is 5.13 Å². The number of nitrogens with zero attached hydrogens (tertiary/aromatic N) is 2. The summed E-state index contributed by atoms with van der Waals surface area (Å²) >= 11 is 0.937. The standard InChI is InChI=1S/C34H32N2O8S/c1-5-42-26-18-23(14-17-25(26)44-19-21-10-8-7-9-11-21)28-27(29(37)22-12-15-24(41-4)16-13-22)30(38)32(39)36(28)34-35-20(3)31(45-34)33(40)43-6-2/h7-18,28,37H,5-6,19H2,1-4H3/b29-27+. The number of ketones is 1. The third-order valence-electron chi connectivity index (χ3n) is 7.08. The second-order valence-electron chi connectivity index (χ2n) is 9.94. The molecule has 1 amide bonds. The maximum absolute atomic E-state index is 13.7. The van der Waals surface area contributed by atoms with Crippen molar-refractivity contribution in [3.05, 3.63) is 106 Å². The molecule has 1 aliphatic rings. The number of carbonyl (C=O) groups is 3. The van der Waals surface area contributed by atoms with Crippen molar-refractivity contribution in [2.24, 2.45) is 0 Å². The van der Waals surface area contributed by atoms with Gasteiger partial charge in [-0.15, -0.1) is 0 Å². The number of carbonyl (C=O) groups excluding carboxylic acids is 3. The van der Waals surface area contributed by atoms with E-state index in [1.165, 1.54) is 12.0 Å². The quantitative estimate of drug-likeness (QED) is 0.0889. The van der Waals surface area contributed by atoms with Crippen LogP contribution in [0, 0.1) is 6.92 Å². The fourth-order valence-electron chi connectivity index (χ4n) is 4.94. The van der Waals surface area contributed by atoms with Crippen LogP contribution < -0.4 is 19.1 Å². The highest BCUT2D eigenvalue weighted by molar-refractivity contribution is 7.17. The molecule has 1 saturated heterocycles. The number of ether oxygens (including phenoxy) is 4. The van der Waals surface area contributed by atoms with E-state index in [1.807, 2.05) is 37.3 Å². The van der Waals surface area contributed by atoms with Gasteiger partial charge in [-0.1, -0.05) is 47.7 Å². The van der Waals surface area contributed by atoms with Crippen LogP contribution in [0.25, 0.3) is 5.76 Å². The van der Waals surface area contributed by atoms with E-state index in [-0.39, 0.29) is 27.9 Å². The first kappa shape index (κ1) is 31.3. The average molecular weight is 629 g/mol. The molecule has 0 bridgehead atoms. The summed E-state index contributed by atoms with van der Waals surface area (Å²) in [5.74, 6) is -1.34. The topological polar surface area (TPSA) is 124 Å². The largest absolute Gasteiger partial charge is 0.507 e. The van der Waals surface area contributed by atoms with Gasteiger partial charge in [-0.2, -0.15) is 0 Å². The van der Waals surface area contributed by atoms with Crippen molar-refractivity contribution < 1.29 is 38.4 Å². The maximum Gasteiger partial charge on any atom is 0.350 e. The Balaban J connectivity index is 1.64. The van der Waals surface area contributed by atoms with Crippen molar-refractivity contribution in [1.29, 1.82) is 0 Å². The van der Waals surface area contributed by atoms with Crippen LogP contribution in [-0.2, 0) is 20.9 Å². The SMILES string of the molecule is CCOC(=O)c1sc(N2C(=O)C(=O)/C(=C(/O)c3ccc(OC)cc3)C2c2ccc(OCc3ccccc3)c(OCC)c2)nc1C. The van der Waals surface area contributed by atoms with Gasteiger partial charge in [-0.3, -0.25) is 14.5 Å². The fourth-order valence-corrected chi connectivity index (χ4v) is 5.93. The molecule has 1 atom stereocenters. The van der Waals surface area contributed by atoms with Gasteiger partial charge in [0.1, 0.15) is 23.0 Å². The third kappa shape index (κ3) is 6.39. The minimum atomic E-state index is -1.10. The van der Waals surface area contributed by atoms with Gasteiger partial charge >= 0.3 is 11.9 Å². The zero-order valence-electron chi connectivity index (χ0n) is 25.2. The number of anilines is 1. The average Bonchev–Trinajstić information content (AvgIpc) is 3.56. The molecular formula is C34H32N2O8S. The first-order valence-corrected chi connectivity index (χ1v) is 15.1. The van der Waals surface area contributed by atoms with E-state index in [2.05, 4.69) is 4.98 Å². The van der Waals surface area contributed by atoms with E-state index in [1.54, 1.807) is 56.3 Å². The number of hydrogen-bond acceptors (Lipinski definition) is 10. The molecular weight excluding hydrogens is 596 g/mol. The molecule has 1 aromatic heterocycles. The molecule has 1 N–H and O–H groups in total. The Labute approximate surface area is 264 Å². The van der Waals surface area contributed by atoms with Crippen molar-refractivity contribution in [2.75, 3.05) is 25.2 Å². The predicted molar refractivity (Wildman–Crippen MR) is 169 cm³/mol. The summed E-state index contributed by atoms with van der Waals surface area (Å²) in [6.07, 6.45) is 0. The molecule has 1 unspecified atom stereocenters. The Morgan fingerprint density at radius 2 is 1.69 bits per heavy atom. The van der Waals surface area contributed by atoms with E-state index in [0.717, 1.165) is 16.9 Å². The summed E-state index contributed by atoms with van der Waals surface area (Å²) < 4.78 is 22.4. The molecule has 10 nitrogen and oxygen atoms in total. The lowest BCUT2D eigenvalue weighted by molar-refractivity contribution is -0.132. The van der Waals surface area contributed by atoms with Crippen LogP contribution in [-0.4, -0.2) is 48.1 Å². The van der Waals surface area contributed by atoms with E-state index < -0.39 is 23.7 Å². The lowest BCUT2D eigenvalue weighted by Gasteiger charge is -2.24. The summed E-state index contributed by atoms with van der Waals surface area (Å²) in [5, 5.41) is 11.6. The molecule has 232 valence electrons. The van der Waals surface area contributed by atoms with Gasteiger partial charge in [0.25, 0.3) is 5.78 Å². The molecule has 0 spiro atoms. The zero-order valence-corrected chi connectivity index (χ0v) is 26.1. The number of hydrogen-bond donors (Lipinski definition) is 1. The molecule has 0 saturated carbocycles. The Bertz CT molecular complexity index is 1750. The minimum absolute atomic E-state index is 0.110. The van der Waals surface area contributed by atoms with Crippen LogP contribution in [0.2, 0.25) is 0 Å². The highest BCUT2D eigenvalue weighted by Gasteiger charge is 2.48. The van der Waals surface area contributed by atoms with Gasteiger partial charge < -0.3 is 24.1 Å². The monoisotopic (exact) mass is 628 g/mol. The second-order valence-corrected chi connectivity index (χ2v) is 10.9. The molecule has 1 fully saturated rings. The Morgan fingerprint density at radius 3 is 2.36 bits per heavy atom. The summed E-state index contributed by atoms with van der Waals surface area (Å²) in [6, 6.07) is 20.1. The number of aromatic nitrogens is 1. The lowest BCUT2D eigenvalue weighted by Crippen LogP contribution is -2.29. The molecule has 1 aliphatic heterocycles. The first-order chi connectivity index (χ1) is 21.8. The predicted octanol–water partition coefficient (Wildman–Crippen LogP) is 6.24. The number of benzene rings is 3. The number of methoxy groups -OCH3 is 1. The minimum Gasteiger partial charge on any atom is -0.507 e. The normalized spacial score (nSPS) is 15.6. The smallest absolute Gasteiger partial charge is 0.350 e. The van der Waals surface area contributed by atoms with E-state index in [0.29, 0.717) is 47.3 Å². The van der Waals surface area contributed by atoms with Gasteiger partial charge in [-0.05, 0) is 68.3 Å². The summed E-state index contributed by atoms with van der Waals surface area (Å²) in [6.45, 7) is 5.93. The van der Waals surface area contributed by atoms with Crippen LogP contribution >= 0.6 is 11.3 Å². The number of aliphatic hydroxyl groups excluding tert-OH is 1. The van der Waals surface area contributed by atoms with E-state index in [9.17, 15) is 19.5 Å². The molecule has 3 aromatic carbocycles. The maximum atomic E-state index is 13.7. The molecule has 0 aliphatic carbocycles. The molecule has 5 rings (SSSR count). The first-order valence-electron chi connectivity index (χ1n) is 14.3. The van der Waals surface area contributed by atoms with Gasteiger partial charge in [0, 0.05) is 5.56 Å². The summed E-state index contributed by atoms with van der Waals surface area (Å²) in [7, 11) is 1.52. The van der Waals surface area contributed by atoms with Gasteiger partial charge in [-0.25, -0.2) is 9.78 Å².